The van der Waals surface area contributed by atoms with Crippen LogP contribution in [-0.4, -0.2) is 36.8 Å². The van der Waals surface area contributed by atoms with E-state index >= 15 is 0 Å². The molecule has 0 bridgehead atoms. The van der Waals surface area contributed by atoms with Gasteiger partial charge in [-0.1, -0.05) is 19.3 Å². The maximum atomic E-state index is 11.8. The maximum absolute atomic E-state index is 11.8. The average molecular weight is 240 g/mol. The number of aliphatic hydroxyl groups is 1. The van der Waals surface area contributed by atoms with Crippen molar-refractivity contribution in [3.05, 3.63) is 0 Å². The van der Waals surface area contributed by atoms with Crippen LogP contribution in [0.25, 0.3) is 0 Å². The molecule has 0 radical (unpaired) electrons. The third-order valence-corrected chi connectivity index (χ3v) is 4.06. The number of carbonyl (C=O) groups excluding carboxylic acids is 1. The van der Waals surface area contributed by atoms with Crippen LogP contribution in [0.3, 0.4) is 0 Å². The van der Waals surface area contributed by atoms with Gasteiger partial charge >= 0.3 is 0 Å². The second-order valence-corrected chi connectivity index (χ2v) is 5.50. The molecular weight excluding hydrogens is 216 g/mol. The Balaban J connectivity index is 1.63. The van der Waals surface area contributed by atoms with Gasteiger partial charge < -0.3 is 15.7 Å². The molecule has 2 aliphatic rings. The van der Waals surface area contributed by atoms with Crippen molar-refractivity contribution in [1.29, 1.82) is 0 Å². The Hall–Kier alpha value is -0.610. The van der Waals surface area contributed by atoms with Crippen molar-refractivity contribution in [2.45, 2.75) is 44.6 Å². The minimum absolute atomic E-state index is 0.163. The van der Waals surface area contributed by atoms with Crippen molar-refractivity contribution >= 4 is 5.91 Å². The van der Waals surface area contributed by atoms with E-state index in [1.54, 1.807) is 0 Å². The topological polar surface area (TPSA) is 61.4 Å². The number of aliphatic hydroxyl groups excluding tert-OH is 1. The van der Waals surface area contributed by atoms with Crippen LogP contribution < -0.4 is 10.6 Å². The highest BCUT2D eigenvalue weighted by molar-refractivity contribution is 5.76. The number of carbonyl (C=O) groups is 1. The Morgan fingerprint density at radius 1 is 1.24 bits per heavy atom. The Kier molecular flexibility index (Phi) is 4.80. The first kappa shape index (κ1) is 12.8. The van der Waals surface area contributed by atoms with Crippen LogP contribution in [0.1, 0.15) is 38.5 Å². The highest BCUT2D eigenvalue weighted by atomic mass is 16.3. The molecule has 2 rings (SSSR count). The Morgan fingerprint density at radius 3 is 2.65 bits per heavy atom. The van der Waals surface area contributed by atoms with Gasteiger partial charge in [-0.25, -0.2) is 0 Å². The molecule has 0 aromatic carbocycles. The number of hydrogen-bond donors (Lipinski definition) is 3. The zero-order valence-electron chi connectivity index (χ0n) is 10.5. The molecule has 98 valence electrons. The minimum Gasteiger partial charge on any atom is -0.391 e. The molecule has 17 heavy (non-hydrogen) atoms. The van der Waals surface area contributed by atoms with E-state index in [2.05, 4.69) is 10.6 Å². The molecule has 0 spiro atoms. The summed E-state index contributed by atoms with van der Waals surface area (Å²) < 4.78 is 0. The molecule has 1 saturated carbocycles. The largest absolute Gasteiger partial charge is 0.391 e. The van der Waals surface area contributed by atoms with Gasteiger partial charge in [-0.15, -0.1) is 0 Å². The summed E-state index contributed by atoms with van der Waals surface area (Å²) in [5.41, 5.74) is 0. The normalized spacial score (nSPS) is 30.4. The zero-order valence-corrected chi connectivity index (χ0v) is 10.5. The van der Waals surface area contributed by atoms with Gasteiger partial charge in [0.25, 0.3) is 0 Å². The predicted molar refractivity (Wildman–Crippen MR) is 66.6 cm³/mol. The molecule has 1 amide bonds. The molecule has 0 aromatic heterocycles. The lowest BCUT2D eigenvalue weighted by Gasteiger charge is -2.21. The van der Waals surface area contributed by atoms with Crippen molar-refractivity contribution in [3.63, 3.8) is 0 Å². The summed E-state index contributed by atoms with van der Waals surface area (Å²) in [7, 11) is 0. The summed E-state index contributed by atoms with van der Waals surface area (Å²) in [5.74, 6) is 0.941. The van der Waals surface area contributed by atoms with Crippen molar-refractivity contribution < 1.29 is 9.90 Å². The van der Waals surface area contributed by atoms with E-state index in [0.29, 0.717) is 25.4 Å². The Labute approximate surface area is 103 Å². The fraction of sp³-hybridized carbons (Fsp3) is 0.923. The van der Waals surface area contributed by atoms with Gasteiger partial charge in [-0.3, -0.25) is 4.79 Å². The summed E-state index contributed by atoms with van der Waals surface area (Å²) in [6, 6.07) is 0. The van der Waals surface area contributed by atoms with Gasteiger partial charge in [0.05, 0.1) is 6.10 Å². The van der Waals surface area contributed by atoms with Crippen LogP contribution in [-0.2, 0) is 4.79 Å². The second kappa shape index (κ2) is 6.36. The van der Waals surface area contributed by atoms with Gasteiger partial charge in [0.1, 0.15) is 0 Å². The molecule has 3 N–H and O–H groups in total. The Morgan fingerprint density at radius 2 is 2.00 bits per heavy atom. The third-order valence-electron chi connectivity index (χ3n) is 4.06. The maximum Gasteiger partial charge on any atom is 0.220 e. The first-order valence-corrected chi connectivity index (χ1v) is 6.91. The smallest absolute Gasteiger partial charge is 0.220 e. The van der Waals surface area contributed by atoms with Crippen molar-refractivity contribution in [2.24, 2.45) is 11.8 Å². The molecule has 1 aliphatic heterocycles. The van der Waals surface area contributed by atoms with E-state index < -0.39 is 0 Å². The standard InChI is InChI=1S/C13H24N2O2/c16-12-9-14-7-11(12)8-15-13(17)6-10-4-2-1-3-5-10/h10-12,14,16H,1-9H2,(H,15,17). The minimum atomic E-state index is -0.301. The van der Waals surface area contributed by atoms with Gasteiger partial charge in [0, 0.05) is 32.0 Å². The van der Waals surface area contributed by atoms with Crippen LogP contribution in [0.5, 0.6) is 0 Å². The van der Waals surface area contributed by atoms with Crippen LogP contribution >= 0.6 is 0 Å². The lowest BCUT2D eigenvalue weighted by Crippen LogP contribution is -2.35. The van der Waals surface area contributed by atoms with E-state index in [9.17, 15) is 9.90 Å². The third kappa shape index (κ3) is 3.96. The van der Waals surface area contributed by atoms with E-state index in [1.165, 1.54) is 32.1 Å². The lowest BCUT2D eigenvalue weighted by molar-refractivity contribution is -0.122. The lowest BCUT2D eigenvalue weighted by atomic mass is 9.87. The summed E-state index contributed by atoms with van der Waals surface area (Å²) in [6.45, 7) is 2.08. The second-order valence-electron chi connectivity index (χ2n) is 5.50. The van der Waals surface area contributed by atoms with Crippen LogP contribution in [0, 0.1) is 11.8 Å². The van der Waals surface area contributed by atoms with Crippen molar-refractivity contribution in [3.8, 4) is 0 Å². The van der Waals surface area contributed by atoms with Gasteiger partial charge in [0.15, 0.2) is 0 Å². The molecule has 1 saturated heterocycles. The number of hydrogen-bond acceptors (Lipinski definition) is 3. The molecule has 0 aromatic rings. The highest BCUT2D eigenvalue weighted by Gasteiger charge is 2.25. The van der Waals surface area contributed by atoms with Crippen LogP contribution in [0.15, 0.2) is 0 Å². The molecule has 4 heteroatoms. The summed E-state index contributed by atoms with van der Waals surface area (Å²) in [4.78, 5) is 11.8. The van der Waals surface area contributed by atoms with Crippen molar-refractivity contribution in [2.75, 3.05) is 19.6 Å². The zero-order chi connectivity index (χ0) is 12.1. The molecule has 1 heterocycles. The number of amides is 1. The SMILES string of the molecule is O=C(CC1CCCCC1)NCC1CNCC1O. The van der Waals surface area contributed by atoms with Crippen LogP contribution in [0.2, 0.25) is 0 Å². The molecule has 2 fully saturated rings. The quantitative estimate of drug-likeness (QED) is 0.676. The number of nitrogens with one attached hydrogen (secondary N) is 2. The van der Waals surface area contributed by atoms with E-state index in [0.717, 1.165) is 6.54 Å². The first-order chi connectivity index (χ1) is 8.25. The molecule has 4 nitrogen and oxygen atoms in total. The monoisotopic (exact) mass is 240 g/mol. The van der Waals surface area contributed by atoms with Crippen LogP contribution in [0.4, 0.5) is 0 Å². The number of rotatable bonds is 4. The highest BCUT2D eigenvalue weighted by Crippen LogP contribution is 2.26. The van der Waals surface area contributed by atoms with E-state index in [1.807, 2.05) is 0 Å². The van der Waals surface area contributed by atoms with E-state index in [4.69, 9.17) is 0 Å². The molecule has 1 aliphatic carbocycles. The number of β-amino-alcohol motifs (C(OH)–C–C–N with tert-alkyl or cyclic N) is 1. The van der Waals surface area contributed by atoms with Gasteiger partial charge in [0.2, 0.25) is 5.91 Å². The summed E-state index contributed by atoms with van der Waals surface area (Å²) >= 11 is 0. The predicted octanol–water partition coefficient (Wildman–Crippen LogP) is 0.653. The fourth-order valence-corrected chi connectivity index (χ4v) is 2.90. The Bertz CT molecular complexity index is 252. The van der Waals surface area contributed by atoms with Gasteiger partial charge in [-0.2, -0.15) is 0 Å². The van der Waals surface area contributed by atoms with Crippen molar-refractivity contribution in [1.82, 2.24) is 10.6 Å². The first-order valence-electron chi connectivity index (χ1n) is 6.91. The summed E-state index contributed by atoms with van der Waals surface area (Å²) in [6.07, 6.45) is 6.69. The molecule has 2 unspecified atom stereocenters. The average Bonchev–Trinajstić information content (AvgIpc) is 2.74. The van der Waals surface area contributed by atoms with Gasteiger partial charge in [-0.05, 0) is 18.8 Å². The van der Waals surface area contributed by atoms with E-state index in [-0.39, 0.29) is 17.9 Å². The molecule has 2 atom stereocenters. The summed E-state index contributed by atoms with van der Waals surface area (Å²) in [5, 5.41) is 15.7. The molecular formula is C13H24N2O2. The fourth-order valence-electron chi connectivity index (χ4n) is 2.90.